The number of aliphatic hydroxyl groups excluding tert-OH is 2. The summed E-state index contributed by atoms with van der Waals surface area (Å²) in [6, 6.07) is 25.0. The molecule has 4 rings (SSSR count). The lowest BCUT2D eigenvalue weighted by Crippen LogP contribution is -2.43. The second-order valence-corrected chi connectivity index (χ2v) is 11.6. The molecule has 0 aliphatic carbocycles. The van der Waals surface area contributed by atoms with Crippen molar-refractivity contribution in [1.29, 1.82) is 0 Å². The van der Waals surface area contributed by atoms with Crippen LogP contribution in [0.15, 0.2) is 78.9 Å². The van der Waals surface area contributed by atoms with Crippen LogP contribution in [0.3, 0.4) is 0 Å². The first-order chi connectivity index (χ1) is 21.8. The van der Waals surface area contributed by atoms with Crippen molar-refractivity contribution < 1.29 is 34.5 Å². The first-order valence-electron chi connectivity index (χ1n) is 15.5. The zero-order valence-corrected chi connectivity index (χ0v) is 26.0. The monoisotopic (exact) mass is 619 g/mol. The molecule has 0 radical (unpaired) electrons. The predicted molar refractivity (Wildman–Crippen MR) is 169 cm³/mol. The Morgan fingerprint density at radius 1 is 0.889 bits per heavy atom. The number of hydrogen-bond acceptors (Lipinski definition) is 8. The van der Waals surface area contributed by atoms with E-state index in [0.29, 0.717) is 38.8 Å². The Balaban J connectivity index is 1.39. The number of hydroxylamine groups is 1. The van der Waals surface area contributed by atoms with Gasteiger partial charge in [0.05, 0.1) is 24.9 Å². The van der Waals surface area contributed by atoms with E-state index in [9.17, 15) is 19.8 Å². The number of aliphatic hydroxyl groups is 2. The molecule has 5 atom stereocenters. The molecule has 0 bridgehead atoms. The van der Waals surface area contributed by atoms with Crippen molar-refractivity contribution in [2.24, 2.45) is 0 Å². The van der Waals surface area contributed by atoms with Gasteiger partial charge in [0, 0.05) is 44.0 Å². The number of rotatable bonds is 15. The Hall–Kier alpha value is -3.64. The number of likely N-dealkylation sites (N-methyl/N-ethyl adjacent to an activating group) is 1. The Morgan fingerprint density at radius 3 is 2.16 bits per heavy atom. The molecule has 5 N–H and O–H groups in total. The molecular weight excluding hydrogens is 574 g/mol. The molecule has 0 unspecified atom stereocenters. The van der Waals surface area contributed by atoms with E-state index in [-0.39, 0.29) is 37.2 Å². The smallest absolute Gasteiger partial charge is 0.243 e. The quantitative estimate of drug-likeness (QED) is 0.0955. The normalized spacial score (nSPS) is 19.6. The van der Waals surface area contributed by atoms with E-state index in [1.165, 1.54) is 0 Å². The maximum atomic E-state index is 12.2. The molecule has 1 fully saturated rings. The first kappa shape index (κ1) is 34.2. The summed E-state index contributed by atoms with van der Waals surface area (Å²) < 4.78 is 13.0. The van der Waals surface area contributed by atoms with Gasteiger partial charge in [0.25, 0.3) is 0 Å². The van der Waals surface area contributed by atoms with Gasteiger partial charge in [0.1, 0.15) is 0 Å². The van der Waals surface area contributed by atoms with E-state index < -0.39 is 18.3 Å². The third-order valence-corrected chi connectivity index (χ3v) is 8.32. The van der Waals surface area contributed by atoms with Crippen molar-refractivity contribution in [3.63, 3.8) is 0 Å². The minimum Gasteiger partial charge on any atom is -0.392 e. The number of carbonyl (C=O) groups excluding carboxylic acids is 2. The number of benzene rings is 3. The molecule has 0 aromatic heterocycles. The molecule has 3 aromatic carbocycles. The van der Waals surface area contributed by atoms with E-state index in [1.54, 1.807) is 5.48 Å². The zero-order chi connectivity index (χ0) is 32.2. The number of nitrogens with one attached hydrogen (secondary N) is 2. The second kappa shape index (κ2) is 17.2. The van der Waals surface area contributed by atoms with E-state index in [1.807, 2.05) is 92.8 Å². The number of amides is 2. The summed E-state index contributed by atoms with van der Waals surface area (Å²) in [5.74, 6) is -0.557. The summed E-state index contributed by atoms with van der Waals surface area (Å²) in [5.41, 5.74) is 6.08. The fraction of sp³-hybridized carbons (Fsp3) is 0.429. The molecule has 0 saturated carbocycles. The topological polar surface area (TPSA) is 141 Å². The minimum atomic E-state index is -0.644. The fourth-order valence-corrected chi connectivity index (χ4v) is 5.40. The summed E-state index contributed by atoms with van der Waals surface area (Å²) in [6.45, 7) is 2.94. The molecule has 0 spiro atoms. The van der Waals surface area contributed by atoms with Crippen LogP contribution < -0.4 is 10.8 Å². The Kier molecular flexibility index (Phi) is 13.1. The number of nitrogens with zero attached hydrogens (tertiary/aromatic N) is 1. The SMILES string of the molecule is C[C@H]([C@@H](O)c1ccccc1)N(C)C[C@H]1C[C@@H](c2ccc(CO)cc2)O[C@@H](c2ccc(CNC(=O)CCCCC(=O)NO)cc2)O1. The maximum Gasteiger partial charge on any atom is 0.243 e. The molecule has 1 aliphatic heterocycles. The van der Waals surface area contributed by atoms with Gasteiger partial charge in [-0.3, -0.25) is 19.7 Å². The van der Waals surface area contributed by atoms with Gasteiger partial charge in [0.2, 0.25) is 11.8 Å². The highest BCUT2D eigenvalue weighted by Gasteiger charge is 2.34. The van der Waals surface area contributed by atoms with Crippen LogP contribution in [0.4, 0.5) is 0 Å². The van der Waals surface area contributed by atoms with Gasteiger partial charge >= 0.3 is 0 Å². The largest absolute Gasteiger partial charge is 0.392 e. The third kappa shape index (κ3) is 10.2. The van der Waals surface area contributed by atoms with Gasteiger partial charge < -0.3 is 25.0 Å². The molecule has 10 nitrogen and oxygen atoms in total. The number of carbonyl (C=O) groups is 2. The van der Waals surface area contributed by atoms with Gasteiger partial charge in [-0.1, -0.05) is 78.9 Å². The number of hydrogen-bond donors (Lipinski definition) is 5. The third-order valence-electron chi connectivity index (χ3n) is 8.32. The predicted octanol–water partition coefficient (Wildman–Crippen LogP) is 4.46. The molecule has 3 aromatic rings. The average molecular weight is 620 g/mol. The van der Waals surface area contributed by atoms with Crippen molar-refractivity contribution in [3.05, 3.63) is 107 Å². The van der Waals surface area contributed by atoms with Crippen LogP contribution in [0.5, 0.6) is 0 Å². The summed E-state index contributed by atoms with van der Waals surface area (Å²) in [7, 11) is 1.99. The van der Waals surface area contributed by atoms with Crippen molar-refractivity contribution in [2.45, 2.75) is 82.8 Å². The molecule has 1 aliphatic rings. The van der Waals surface area contributed by atoms with Crippen molar-refractivity contribution in [2.75, 3.05) is 13.6 Å². The van der Waals surface area contributed by atoms with Gasteiger partial charge in [-0.25, -0.2) is 5.48 Å². The second-order valence-electron chi connectivity index (χ2n) is 11.6. The Morgan fingerprint density at radius 2 is 1.51 bits per heavy atom. The highest BCUT2D eigenvalue weighted by molar-refractivity contribution is 5.76. The van der Waals surface area contributed by atoms with Gasteiger partial charge in [0.15, 0.2) is 6.29 Å². The van der Waals surface area contributed by atoms with Crippen LogP contribution in [0.1, 0.15) is 85.3 Å². The molecular formula is C35H45N3O7. The van der Waals surface area contributed by atoms with E-state index in [2.05, 4.69) is 10.2 Å². The number of ether oxygens (including phenoxy) is 2. The van der Waals surface area contributed by atoms with Crippen LogP contribution in [0, 0.1) is 0 Å². The van der Waals surface area contributed by atoms with Crippen molar-refractivity contribution in [3.8, 4) is 0 Å². The molecule has 1 saturated heterocycles. The maximum absolute atomic E-state index is 12.2. The molecule has 242 valence electrons. The van der Waals surface area contributed by atoms with Gasteiger partial charge in [-0.05, 0) is 49.1 Å². The fourth-order valence-electron chi connectivity index (χ4n) is 5.40. The summed E-state index contributed by atoms with van der Waals surface area (Å²) in [4.78, 5) is 25.4. The highest BCUT2D eigenvalue weighted by Crippen LogP contribution is 2.38. The van der Waals surface area contributed by atoms with E-state index >= 15 is 0 Å². The standard InChI is InChI=1S/C35H45N3O7/c1-24(34(42)28-8-4-3-5-9-28)38(2)22-30-20-31(27-16-14-26(23-39)15-17-27)45-35(44-30)29-18-12-25(13-19-29)21-36-32(40)10-6-7-11-33(41)37-43/h3-5,8-9,12-19,24,30-31,34-35,39,42-43H,6-7,10-11,20-23H2,1-2H3,(H,36,40)(H,37,41)/t24-,30-,31+,34-,35+/m1/s1. The Bertz CT molecular complexity index is 1340. The summed E-state index contributed by atoms with van der Waals surface area (Å²) in [5, 5.41) is 32.0. The van der Waals surface area contributed by atoms with E-state index in [4.69, 9.17) is 14.7 Å². The van der Waals surface area contributed by atoms with Crippen LogP contribution in [-0.2, 0) is 32.2 Å². The van der Waals surface area contributed by atoms with Crippen LogP contribution in [-0.4, -0.2) is 57.9 Å². The van der Waals surface area contributed by atoms with Gasteiger partial charge in [-0.15, -0.1) is 0 Å². The van der Waals surface area contributed by atoms with Crippen molar-refractivity contribution >= 4 is 11.8 Å². The lowest BCUT2D eigenvalue weighted by molar-refractivity contribution is -0.253. The minimum absolute atomic E-state index is 0.0251. The van der Waals surface area contributed by atoms with Crippen molar-refractivity contribution in [1.82, 2.24) is 15.7 Å². The zero-order valence-electron chi connectivity index (χ0n) is 26.0. The van der Waals surface area contributed by atoms with Crippen LogP contribution >= 0.6 is 0 Å². The molecule has 45 heavy (non-hydrogen) atoms. The average Bonchev–Trinajstić information content (AvgIpc) is 3.08. The first-order valence-corrected chi connectivity index (χ1v) is 15.5. The van der Waals surface area contributed by atoms with E-state index in [0.717, 1.165) is 27.8 Å². The lowest BCUT2D eigenvalue weighted by atomic mass is 9.98. The molecule has 1 heterocycles. The van der Waals surface area contributed by atoms with Gasteiger partial charge in [-0.2, -0.15) is 0 Å². The van der Waals surface area contributed by atoms with Crippen LogP contribution in [0.2, 0.25) is 0 Å². The number of unbranched alkanes of at least 4 members (excludes halogenated alkanes) is 1. The molecule has 10 heteroatoms. The molecule has 2 amide bonds. The van der Waals surface area contributed by atoms with Crippen LogP contribution in [0.25, 0.3) is 0 Å². The highest BCUT2D eigenvalue weighted by atomic mass is 16.7. The summed E-state index contributed by atoms with van der Waals surface area (Å²) in [6.07, 6.45) is 0.515. The summed E-state index contributed by atoms with van der Waals surface area (Å²) >= 11 is 0. The lowest BCUT2D eigenvalue weighted by Gasteiger charge is -2.39. The Labute approximate surface area is 264 Å².